The van der Waals surface area contributed by atoms with Crippen LogP contribution >= 0.6 is 12.4 Å². The number of hydrogen-bond acceptors (Lipinski definition) is 4. The second-order valence-corrected chi connectivity index (χ2v) is 3.22. The fourth-order valence-electron chi connectivity index (χ4n) is 1.48. The van der Waals surface area contributed by atoms with E-state index in [0.29, 0.717) is 17.2 Å². The fraction of sp³-hybridized carbons (Fsp3) is 0.273. The summed E-state index contributed by atoms with van der Waals surface area (Å²) in [6.07, 6.45) is 1.66. The summed E-state index contributed by atoms with van der Waals surface area (Å²) in [7, 11) is 1.58. The Hall–Kier alpha value is -1.39. The molecule has 0 bridgehead atoms. The average molecular weight is 244 g/mol. The van der Waals surface area contributed by atoms with E-state index < -0.39 is 0 Å². The molecule has 16 heavy (non-hydrogen) atoms. The van der Waals surface area contributed by atoms with Crippen molar-refractivity contribution in [2.45, 2.75) is 6.04 Å². The van der Waals surface area contributed by atoms with Gasteiger partial charge < -0.3 is 19.9 Å². The Kier molecular flexibility index (Phi) is 4.04. The standard InChI is InChI=1S/C11H13NO3.ClH/c1-3-8(12)7-4-9(13-2)11-10(5-7)14-6-15-11;/h3-5,8H,1,6,12H2,2H3;1H/t8-;/m0./s1. The highest BCUT2D eigenvalue weighted by Gasteiger charge is 2.21. The number of halogens is 1. The first kappa shape index (κ1) is 12.7. The van der Waals surface area contributed by atoms with Gasteiger partial charge in [-0.05, 0) is 17.7 Å². The van der Waals surface area contributed by atoms with E-state index in [1.54, 1.807) is 13.2 Å². The Balaban J connectivity index is 0.00000128. The average Bonchev–Trinajstić information content (AvgIpc) is 2.74. The minimum atomic E-state index is -0.228. The Labute approximate surface area is 100 Å². The van der Waals surface area contributed by atoms with Gasteiger partial charge in [-0.25, -0.2) is 0 Å². The maximum absolute atomic E-state index is 5.84. The first-order valence-electron chi connectivity index (χ1n) is 4.62. The van der Waals surface area contributed by atoms with Crippen molar-refractivity contribution in [1.82, 2.24) is 0 Å². The quantitative estimate of drug-likeness (QED) is 0.826. The number of rotatable bonds is 3. The van der Waals surface area contributed by atoms with Crippen molar-refractivity contribution >= 4 is 12.4 Å². The number of fused-ring (bicyclic) bond motifs is 1. The minimum absolute atomic E-state index is 0. The van der Waals surface area contributed by atoms with Crippen molar-refractivity contribution in [1.29, 1.82) is 0 Å². The number of nitrogens with two attached hydrogens (primary N) is 1. The maximum atomic E-state index is 5.84. The van der Waals surface area contributed by atoms with Crippen LogP contribution in [-0.2, 0) is 0 Å². The molecule has 0 unspecified atom stereocenters. The summed E-state index contributed by atoms with van der Waals surface area (Å²) >= 11 is 0. The number of hydrogen-bond donors (Lipinski definition) is 1. The van der Waals surface area contributed by atoms with Crippen LogP contribution in [0.5, 0.6) is 17.2 Å². The van der Waals surface area contributed by atoms with E-state index >= 15 is 0 Å². The zero-order valence-corrected chi connectivity index (χ0v) is 9.75. The van der Waals surface area contributed by atoms with Gasteiger partial charge in [0.15, 0.2) is 11.5 Å². The van der Waals surface area contributed by atoms with Crippen LogP contribution in [0.2, 0.25) is 0 Å². The van der Waals surface area contributed by atoms with Gasteiger partial charge in [0.25, 0.3) is 0 Å². The number of benzene rings is 1. The van der Waals surface area contributed by atoms with Crippen LogP contribution in [0.1, 0.15) is 11.6 Å². The van der Waals surface area contributed by atoms with Crippen LogP contribution < -0.4 is 19.9 Å². The summed E-state index contributed by atoms with van der Waals surface area (Å²) in [6, 6.07) is 3.45. The molecule has 0 spiro atoms. The summed E-state index contributed by atoms with van der Waals surface area (Å²) < 4.78 is 15.8. The van der Waals surface area contributed by atoms with Crippen molar-refractivity contribution in [2.24, 2.45) is 5.73 Å². The van der Waals surface area contributed by atoms with E-state index in [2.05, 4.69) is 6.58 Å². The molecular weight excluding hydrogens is 230 g/mol. The predicted octanol–water partition coefficient (Wildman–Crippen LogP) is 2.03. The van der Waals surface area contributed by atoms with E-state index in [0.717, 1.165) is 5.56 Å². The first-order chi connectivity index (χ1) is 7.26. The normalized spacial score (nSPS) is 13.9. The molecule has 0 saturated carbocycles. The van der Waals surface area contributed by atoms with Gasteiger partial charge in [0, 0.05) is 6.04 Å². The van der Waals surface area contributed by atoms with Crippen LogP contribution in [0.3, 0.4) is 0 Å². The zero-order chi connectivity index (χ0) is 10.8. The third-order valence-electron chi connectivity index (χ3n) is 2.32. The van der Waals surface area contributed by atoms with Crippen molar-refractivity contribution in [3.63, 3.8) is 0 Å². The minimum Gasteiger partial charge on any atom is -0.493 e. The molecule has 0 amide bonds. The Morgan fingerprint density at radius 1 is 1.50 bits per heavy atom. The smallest absolute Gasteiger partial charge is 0.231 e. The van der Waals surface area contributed by atoms with Crippen LogP contribution in [-0.4, -0.2) is 13.9 Å². The fourth-order valence-corrected chi connectivity index (χ4v) is 1.48. The highest BCUT2D eigenvalue weighted by atomic mass is 35.5. The topological polar surface area (TPSA) is 53.7 Å². The highest BCUT2D eigenvalue weighted by Crippen LogP contribution is 2.42. The van der Waals surface area contributed by atoms with Crippen LogP contribution in [0, 0.1) is 0 Å². The number of ether oxygens (including phenoxy) is 3. The summed E-state index contributed by atoms with van der Waals surface area (Å²) in [5, 5.41) is 0. The van der Waals surface area contributed by atoms with Gasteiger partial charge in [-0.1, -0.05) is 6.08 Å². The highest BCUT2D eigenvalue weighted by molar-refractivity contribution is 5.85. The van der Waals surface area contributed by atoms with Gasteiger partial charge in [0.2, 0.25) is 12.5 Å². The molecule has 4 nitrogen and oxygen atoms in total. The van der Waals surface area contributed by atoms with Gasteiger partial charge >= 0.3 is 0 Å². The molecule has 1 aliphatic rings. The van der Waals surface area contributed by atoms with E-state index in [9.17, 15) is 0 Å². The molecule has 88 valence electrons. The van der Waals surface area contributed by atoms with Crippen molar-refractivity contribution in [3.8, 4) is 17.2 Å². The summed E-state index contributed by atoms with van der Waals surface area (Å²) in [5.74, 6) is 1.94. The van der Waals surface area contributed by atoms with Crippen LogP contribution in [0.15, 0.2) is 24.8 Å². The molecule has 0 aromatic heterocycles. The number of methoxy groups -OCH3 is 1. The molecule has 1 aliphatic heterocycles. The van der Waals surface area contributed by atoms with Crippen molar-refractivity contribution in [3.05, 3.63) is 30.4 Å². The van der Waals surface area contributed by atoms with E-state index in [1.807, 2.05) is 12.1 Å². The molecule has 5 heteroatoms. The van der Waals surface area contributed by atoms with Crippen molar-refractivity contribution in [2.75, 3.05) is 13.9 Å². The maximum Gasteiger partial charge on any atom is 0.231 e. The summed E-state index contributed by atoms with van der Waals surface area (Å²) in [4.78, 5) is 0. The molecule has 1 aromatic rings. The second-order valence-electron chi connectivity index (χ2n) is 3.22. The third kappa shape index (κ3) is 2.08. The van der Waals surface area contributed by atoms with E-state index in [-0.39, 0.29) is 25.2 Å². The molecule has 1 atom stereocenters. The lowest BCUT2D eigenvalue weighted by Crippen LogP contribution is -2.06. The molecular formula is C11H14ClNO3. The first-order valence-corrected chi connectivity index (χ1v) is 4.62. The van der Waals surface area contributed by atoms with Gasteiger partial charge in [0.1, 0.15) is 0 Å². The van der Waals surface area contributed by atoms with Crippen LogP contribution in [0.4, 0.5) is 0 Å². The molecule has 1 aromatic carbocycles. The van der Waals surface area contributed by atoms with Gasteiger partial charge in [-0.15, -0.1) is 19.0 Å². The lowest BCUT2D eigenvalue weighted by molar-refractivity contribution is 0.171. The largest absolute Gasteiger partial charge is 0.493 e. The third-order valence-corrected chi connectivity index (χ3v) is 2.32. The molecule has 0 aliphatic carbocycles. The molecule has 0 radical (unpaired) electrons. The van der Waals surface area contributed by atoms with Gasteiger partial charge in [-0.2, -0.15) is 0 Å². The van der Waals surface area contributed by atoms with Crippen LogP contribution in [0.25, 0.3) is 0 Å². The van der Waals surface area contributed by atoms with E-state index in [4.69, 9.17) is 19.9 Å². The zero-order valence-electron chi connectivity index (χ0n) is 8.93. The molecule has 2 rings (SSSR count). The SMILES string of the molecule is C=C[C@H](N)c1cc(OC)c2c(c1)OCO2.Cl. The summed E-state index contributed by atoms with van der Waals surface area (Å²) in [6.45, 7) is 3.87. The molecule has 0 saturated heterocycles. The second kappa shape index (κ2) is 5.09. The monoisotopic (exact) mass is 243 g/mol. The molecule has 1 heterocycles. The lowest BCUT2D eigenvalue weighted by atomic mass is 10.1. The predicted molar refractivity (Wildman–Crippen MR) is 63.5 cm³/mol. The Morgan fingerprint density at radius 2 is 2.25 bits per heavy atom. The van der Waals surface area contributed by atoms with E-state index in [1.165, 1.54) is 0 Å². The van der Waals surface area contributed by atoms with Crippen molar-refractivity contribution < 1.29 is 14.2 Å². The van der Waals surface area contributed by atoms with Gasteiger partial charge in [-0.3, -0.25) is 0 Å². The molecule has 0 fully saturated rings. The van der Waals surface area contributed by atoms with Gasteiger partial charge in [0.05, 0.1) is 7.11 Å². The Bertz CT molecular complexity index is 395. The molecule has 2 N–H and O–H groups in total. The Morgan fingerprint density at radius 3 is 2.88 bits per heavy atom. The summed E-state index contributed by atoms with van der Waals surface area (Å²) in [5.41, 5.74) is 6.74. The lowest BCUT2D eigenvalue weighted by Gasteiger charge is -2.10.